The number of fused-ring (bicyclic) bond motifs is 1. The molecule has 3 atom stereocenters. The summed E-state index contributed by atoms with van der Waals surface area (Å²) in [5, 5.41) is 3.18. The zero-order valence-electron chi connectivity index (χ0n) is 9.03. The molecule has 0 aromatic heterocycles. The molecule has 1 N–H and O–H groups in total. The number of carbonyl (C=O) groups excluding carboxylic acids is 2. The van der Waals surface area contributed by atoms with E-state index in [1.165, 1.54) is 7.11 Å². The predicted octanol–water partition coefficient (Wildman–Crippen LogP) is -0.142. The van der Waals surface area contributed by atoms with E-state index in [-0.39, 0.29) is 24.1 Å². The lowest BCUT2D eigenvalue weighted by atomic mass is 10.0. The molecule has 0 spiro atoms. The Bertz CT molecular complexity index is 292. The first kappa shape index (κ1) is 10.4. The van der Waals surface area contributed by atoms with Crippen molar-refractivity contribution in [3.63, 3.8) is 0 Å². The fraction of sp³-hybridized carbons (Fsp3) is 0.800. The third-order valence-corrected chi connectivity index (χ3v) is 3.17. The summed E-state index contributed by atoms with van der Waals surface area (Å²) in [5.74, 6) is -0.293. The summed E-state index contributed by atoms with van der Waals surface area (Å²) in [4.78, 5) is 25.0. The molecule has 0 aliphatic carbocycles. The molecule has 84 valence electrons. The van der Waals surface area contributed by atoms with Crippen molar-refractivity contribution in [2.24, 2.45) is 0 Å². The highest BCUT2D eigenvalue weighted by Gasteiger charge is 2.45. The van der Waals surface area contributed by atoms with Gasteiger partial charge in [-0.3, -0.25) is 10.1 Å². The highest BCUT2D eigenvalue weighted by Crippen LogP contribution is 2.27. The third-order valence-electron chi connectivity index (χ3n) is 3.17. The molecular weight excluding hydrogens is 196 g/mol. The monoisotopic (exact) mass is 212 g/mol. The molecule has 2 heterocycles. The third kappa shape index (κ3) is 1.61. The van der Waals surface area contributed by atoms with Crippen LogP contribution in [0.2, 0.25) is 0 Å². The van der Waals surface area contributed by atoms with E-state index in [0.29, 0.717) is 6.42 Å². The van der Waals surface area contributed by atoms with Gasteiger partial charge in [-0.2, -0.15) is 0 Å². The van der Waals surface area contributed by atoms with Gasteiger partial charge in [0, 0.05) is 0 Å². The number of methoxy groups -OCH3 is 1. The second kappa shape index (κ2) is 3.81. The molecule has 2 fully saturated rings. The molecule has 2 aliphatic heterocycles. The number of hydrogen-bond acceptors (Lipinski definition) is 4. The van der Waals surface area contributed by atoms with Crippen molar-refractivity contribution >= 4 is 11.9 Å². The Hall–Kier alpha value is -1.10. The van der Waals surface area contributed by atoms with E-state index in [4.69, 9.17) is 4.74 Å². The Morgan fingerprint density at radius 3 is 2.93 bits per heavy atom. The summed E-state index contributed by atoms with van der Waals surface area (Å²) in [6.07, 6.45) is 2.60. The normalized spacial score (nSPS) is 35.2. The Balaban J connectivity index is 2.19. The second-order valence-corrected chi connectivity index (χ2v) is 4.12. The minimum Gasteiger partial charge on any atom is -0.467 e. The molecule has 0 aromatic carbocycles. The SMILES string of the molecule is COC(=O)[C@@H]1CCC[C@H]2N[C@@H](C)C(=O)N21. The molecule has 1 amide bonds. The maximum absolute atomic E-state index is 11.8. The van der Waals surface area contributed by atoms with Crippen LogP contribution in [0, 0.1) is 0 Å². The summed E-state index contributed by atoms with van der Waals surface area (Å²) in [7, 11) is 1.36. The maximum Gasteiger partial charge on any atom is 0.328 e. The first-order chi connectivity index (χ1) is 7.15. The zero-order valence-corrected chi connectivity index (χ0v) is 9.03. The van der Waals surface area contributed by atoms with Crippen LogP contribution in [0.25, 0.3) is 0 Å². The first-order valence-corrected chi connectivity index (χ1v) is 5.31. The lowest BCUT2D eigenvalue weighted by Gasteiger charge is -2.35. The number of piperidine rings is 1. The lowest BCUT2D eigenvalue weighted by Crippen LogP contribution is -2.51. The van der Waals surface area contributed by atoms with Gasteiger partial charge in [0.1, 0.15) is 6.04 Å². The van der Waals surface area contributed by atoms with Crippen molar-refractivity contribution in [1.29, 1.82) is 0 Å². The summed E-state index contributed by atoms with van der Waals surface area (Å²) >= 11 is 0. The van der Waals surface area contributed by atoms with Gasteiger partial charge in [0.15, 0.2) is 0 Å². The van der Waals surface area contributed by atoms with Crippen LogP contribution in [-0.2, 0) is 14.3 Å². The summed E-state index contributed by atoms with van der Waals surface area (Å²) in [5.41, 5.74) is 0. The van der Waals surface area contributed by atoms with Gasteiger partial charge in [0.05, 0.1) is 19.3 Å². The Morgan fingerprint density at radius 2 is 2.27 bits per heavy atom. The zero-order chi connectivity index (χ0) is 11.0. The Labute approximate surface area is 88.8 Å². The van der Waals surface area contributed by atoms with Gasteiger partial charge in [-0.1, -0.05) is 0 Å². The molecule has 5 nitrogen and oxygen atoms in total. The number of rotatable bonds is 1. The highest BCUT2D eigenvalue weighted by atomic mass is 16.5. The number of esters is 1. The molecule has 0 unspecified atom stereocenters. The van der Waals surface area contributed by atoms with Crippen LogP contribution < -0.4 is 5.32 Å². The second-order valence-electron chi connectivity index (χ2n) is 4.12. The van der Waals surface area contributed by atoms with Crippen molar-refractivity contribution in [1.82, 2.24) is 10.2 Å². The smallest absolute Gasteiger partial charge is 0.328 e. The first-order valence-electron chi connectivity index (χ1n) is 5.31. The van der Waals surface area contributed by atoms with Crippen LogP contribution in [0.1, 0.15) is 26.2 Å². The fourth-order valence-corrected chi connectivity index (χ4v) is 2.42. The molecule has 0 saturated carbocycles. The van der Waals surface area contributed by atoms with Crippen LogP contribution >= 0.6 is 0 Å². The maximum atomic E-state index is 11.8. The van der Waals surface area contributed by atoms with E-state index < -0.39 is 6.04 Å². The Morgan fingerprint density at radius 1 is 1.53 bits per heavy atom. The van der Waals surface area contributed by atoms with E-state index in [0.717, 1.165) is 12.8 Å². The van der Waals surface area contributed by atoms with Gasteiger partial charge in [-0.15, -0.1) is 0 Å². The van der Waals surface area contributed by atoms with Crippen molar-refractivity contribution in [2.45, 2.75) is 44.4 Å². The summed E-state index contributed by atoms with van der Waals surface area (Å²) in [6, 6.07) is -0.570. The molecular formula is C10H16N2O3. The van der Waals surface area contributed by atoms with Gasteiger partial charge < -0.3 is 9.64 Å². The van der Waals surface area contributed by atoms with E-state index in [9.17, 15) is 9.59 Å². The average Bonchev–Trinajstić information content (AvgIpc) is 2.54. The summed E-state index contributed by atoms with van der Waals surface area (Å²) < 4.78 is 4.72. The molecule has 0 bridgehead atoms. The molecule has 0 radical (unpaired) electrons. The van der Waals surface area contributed by atoms with E-state index in [1.807, 2.05) is 6.92 Å². The summed E-state index contributed by atoms with van der Waals surface area (Å²) in [6.45, 7) is 1.83. The average molecular weight is 212 g/mol. The highest BCUT2D eigenvalue weighted by molar-refractivity contribution is 5.89. The van der Waals surface area contributed by atoms with Crippen LogP contribution in [0.3, 0.4) is 0 Å². The van der Waals surface area contributed by atoms with Crippen LogP contribution in [0.4, 0.5) is 0 Å². The minimum absolute atomic E-state index is 0.00935. The van der Waals surface area contributed by atoms with E-state index in [2.05, 4.69) is 5.32 Å². The largest absolute Gasteiger partial charge is 0.467 e. The van der Waals surface area contributed by atoms with Gasteiger partial charge in [-0.25, -0.2) is 4.79 Å². The van der Waals surface area contributed by atoms with E-state index >= 15 is 0 Å². The number of nitrogens with one attached hydrogen (secondary N) is 1. The number of carbonyl (C=O) groups is 2. The molecule has 15 heavy (non-hydrogen) atoms. The van der Waals surface area contributed by atoms with Crippen molar-refractivity contribution in [3.8, 4) is 0 Å². The molecule has 5 heteroatoms. The standard InChI is InChI=1S/C10H16N2O3/c1-6-9(13)12-7(10(14)15-2)4-3-5-8(12)11-6/h6-8,11H,3-5H2,1-2H3/t6-,7-,8-/m0/s1. The molecule has 2 rings (SSSR count). The van der Waals surface area contributed by atoms with Crippen molar-refractivity contribution < 1.29 is 14.3 Å². The molecule has 2 aliphatic rings. The van der Waals surface area contributed by atoms with Gasteiger partial charge in [0.2, 0.25) is 5.91 Å². The van der Waals surface area contributed by atoms with Crippen LogP contribution in [0.15, 0.2) is 0 Å². The number of nitrogens with zero attached hydrogens (tertiary/aromatic N) is 1. The Kier molecular flexibility index (Phi) is 2.65. The lowest BCUT2D eigenvalue weighted by molar-refractivity contribution is -0.154. The molecule has 2 saturated heterocycles. The van der Waals surface area contributed by atoms with Crippen LogP contribution in [0.5, 0.6) is 0 Å². The number of hydrogen-bond donors (Lipinski definition) is 1. The van der Waals surface area contributed by atoms with Crippen molar-refractivity contribution in [2.75, 3.05) is 7.11 Å². The minimum atomic E-state index is -0.390. The number of ether oxygens (including phenoxy) is 1. The topological polar surface area (TPSA) is 58.6 Å². The van der Waals surface area contributed by atoms with Gasteiger partial charge in [0.25, 0.3) is 0 Å². The van der Waals surface area contributed by atoms with Crippen LogP contribution in [-0.4, -0.2) is 42.1 Å². The number of amides is 1. The fourth-order valence-electron chi connectivity index (χ4n) is 2.42. The van der Waals surface area contributed by atoms with Gasteiger partial charge >= 0.3 is 5.97 Å². The predicted molar refractivity (Wildman–Crippen MR) is 52.9 cm³/mol. The quantitative estimate of drug-likeness (QED) is 0.614. The van der Waals surface area contributed by atoms with Crippen molar-refractivity contribution in [3.05, 3.63) is 0 Å². The van der Waals surface area contributed by atoms with Gasteiger partial charge in [-0.05, 0) is 26.2 Å². The van der Waals surface area contributed by atoms with E-state index in [1.54, 1.807) is 4.90 Å². The molecule has 0 aromatic rings.